The first-order valence-corrected chi connectivity index (χ1v) is 4.91. The maximum atomic E-state index is 8.54. The first-order valence-electron chi connectivity index (χ1n) is 4.91. The summed E-state index contributed by atoms with van der Waals surface area (Å²) in [5.74, 6) is 0. The second-order valence-electron chi connectivity index (χ2n) is 2.87. The van der Waals surface area contributed by atoms with Crippen molar-refractivity contribution in [1.82, 2.24) is 0 Å². The van der Waals surface area contributed by atoms with Crippen LogP contribution < -0.4 is 11.5 Å². The summed E-state index contributed by atoms with van der Waals surface area (Å²) in [4.78, 5) is 0. The highest BCUT2D eigenvalue weighted by Crippen LogP contribution is 1.89. The van der Waals surface area contributed by atoms with Crippen LogP contribution in [0.1, 0.15) is 40.0 Å². The van der Waals surface area contributed by atoms with Gasteiger partial charge in [-0.05, 0) is 32.2 Å². The summed E-state index contributed by atoms with van der Waals surface area (Å²) in [7, 11) is 0. The summed E-state index contributed by atoms with van der Waals surface area (Å²) in [5, 5.41) is 16.8. The minimum atomic E-state index is -0.287. The van der Waals surface area contributed by atoms with Crippen LogP contribution in [0.2, 0.25) is 0 Å². The van der Waals surface area contributed by atoms with E-state index in [0.717, 1.165) is 32.2 Å². The van der Waals surface area contributed by atoms with Gasteiger partial charge in [-0.25, -0.2) is 0 Å². The fraction of sp³-hybridized carbons (Fsp3) is 1.00. The Kier molecular flexibility index (Phi) is 25.8. The van der Waals surface area contributed by atoms with E-state index in [-0.39, 0.29) is 13.5 Å². The van der Waals surface area contributed by atoms with Crippen molar-refractivity contribution in [1.29, 1.82) is 0 Å². The molecule has 0 aliphatic rings. The van der Waals surface area contributed by atoms with Crippen LogP contribution in [0.5, 0.6) is 0 Å². The molecule has 0 rings (SSSR count). The molecule has 0 saturated heterocycles. The maximum absolute atomic E-state index is 8.54. The molecule has 1 unspecified atom stereocenters. The predicted octanol–water partition coefficient (Wildman–Crippen LogP) is 0.460. The SMILES string of the molecule is C.CCC(O)CN.NCCCCCO. The number of rotatable bonds is 6. The molecule has 0 spiro atoms. The highest BCUT2D eigenvalue weighted by Gasteiger charge is 1.90. The maximum Gasteiger partial charge on any atom is 0.0659 e. The molecule has 14 heavy (non-hydrogen) atoms. The van der Waals surface area contributed by atoms with Crippen LogP contribution in [0, 0.1) is 0 Å². The fourth-order valence-electron chi connectivity index (χ4n) is 0.600. The Labute approximate surface area is 88.3 Å². The lowest BCUT2D eigenvalue weighted by Gasteiger charge is -1.98. The second-order valence-corrected chi connectivity index (χ2v) is 2.87. The molecule has 0 aromatic heterocycles. The Hall–Kier alpha value is -0.160. The van der Waals surface area contributed by atoms with E-state index >= 15 is 0 Å². The van der Waals surface area contributed by atoms with Gasteiger partial charge in [-0.3, -0.25) is 0 Å². The van der Waals surface area contributed by atoms with E-state index in [1.807, 2.05) is 6.92 Å². The minimum absolute atomic E-state index is 0. The molecular formula is C10H28N2O2. The minimum Gasteiger partial charge on any atom is -0.396 e. The molecule has 0 amide bonds. The lowest BCUT2D eigenvalue weighted by atomic mass is 10.2. The van der Waals surface area contributed by atoms with Crippen molar-refractivity contribution in [2.24, 2.45) is 11.5 Å². The molecule has 0 fully saturated rings. The third-order valence-electron chi connectivity index (χ3n) is 1.61. The number of unbranched alkanes of at least 4 members (excludes halogenated alkanes) is 2. The second kappa shape index (κ2) is 18.6. The molecule has 6 N–H and O–H groups in total. The van der Waals surface area contributed by atoms with Crippen molar-refractivity contribution >= 4 is 0 Å². The Balaban J connectivity index is -0.000000163. The van der Waals surface area contributed by atoms with E-state index < -0.39 is 0 Å². The van der Waals surface area contributed by atoms with Crippen molar-refractivity contribution in [2.75, 3.05) is 19.7 Å². The molecule has 4 heteroatoms. The zero-order valence-electron chi connectivity index (χ0n) is 8.58. The Morgan fingerprint density at radius 2 is 1.71 bits per heavy atom. The number of hydrogen-bond donors (Lipinski definition) is 4. The summed E-state index contributed by atoms with van der Waals surface area (Å²) in [6.45, 7) is 3.34. The van der Waals surface area contributed by atoms with Crippen LogP contribution in [-0.4, -0.2) is 36.0 Å². The average molecular weight is 208 g/mol. The van der Waals surface area contributed by atoms with Crippen LogP contribution in [-0.2, 0) is 0 Å². The fourth-order valence-corrected chi connectivity index (χ4v) is 0.600. The topological polar surface area (TPSA) is 92.5 Å². The van der Waals surface area contributed by atoms with E-state index in [1.165, 1.54) is 0 Å². The van der Waals surface area contributed by atoms with E-state index in [4.69, 9.17) is 21.7 Å². The van der Waals surface area contributed by atoms with Crippen LogP contribution in [0.15, 0.2) is 0 Å². The van der Waals surface area contributed by atoms with E-state index in [2.05, 4.69) is 0 Å². The van der Waals surface area contributed by atoms with Crippen molar-refractivity contribution in [3.05, 3.63) is 0 Å². The lowest BCUT2D eigenvalue weighted by molar-refractivity contribution is 0.179. The molecule has 0 heterocycles. The Morgan fingerprint density at radius 3 is 1.93 bits per heavy atom. The van der Waals surface area contributed by atoms with Gasteiger partial charge in [0.15, 0.2) is 0 Å². The smallest absolute Gasteiger partial charge is 0.0659 e. The quantitative estimate of drug-likeness (QED) is 0.477. The van der Waals surface area contributed by atoms with Gasteiger partial charge in [0, 0.05) is 13.2 Å². The van der Waals surface area contributed by atoms with Gasteiger partial charge in [0.05, 0.1) is 6.10 Å². The molecule has 0 radical (unpaired) electrons. The van der Waals surface area contributed by atoms with Crippen LogP contribution in [0.3, 0.4) is 0 Å². The van der Waals surface area contributed by atoms with Gasteiger partial charge in [-0.1, -0.05) is 14.4 Å². The standard InChI is InChI=1S/C5H13NO.C4H11NO.CH4/c6-4-2-1-3-5-7;1-2-4(6)3-5;/h7H,1-6H2;4,6H,2-3,5H2,1H3;1H4. The lowest BCUT2D eigenvalue weighted by Crippen LogP contribution is -2.17. The van der Waals surface area contributed by atoms with Gasteiger partial charge in [-0.2, -0.15) is 0 Å². The van der Waals surface area contributed by atoms with Crippen molar-refractivity contribution in [3.8, 4) is 0 Å². The highest BCUT2D eigenvalue weighted by atomic mass is 16.3. The van der Waals surface area contributed by atoms with Crippen molar-refractivity contribution < 1.29 is 10.2 Å². The van der Waals surface area contributed by atoms with E-state index in [0.29, 0.717) is 13.2 Å². The first-order chi connectivity index (χ1) is 6.22. The molecule has 1 atom stereocenters. The average Bonchev–Trinajstić information content (AvgIpc) is 2.18. The Morgan fingerprint density at radius 1 is 1.14 bits per heavy atom. The van der Waals surface area contributed by atoms with Gasteiger partial charge >= 0.3 is 0 Å². The molecule has 0 aliphatic heterocycles. The molecule has 0 aliphatic carbocycles. The van der Waals surface area contributed by atoms with Gasteiger partial charge in [0.2, 0.25) is 0 Å². The highest BCUT2D eigenvalue weighted by molar-refractivity contribution is 4.48. The molecule has 0 bridgehead atoms. The normalized spacial score (nSPS) is 10.9. The van der Waals surface area contributed by atoms with E-state index in [9.17, 15) is 0 Å². The zero-order chi connectivity index (χ0) is 10.5. The first kappa shape index (κ1) is 19.4. The Bertz CT molecular complexity index is 74.5. The largest absolute Gasteiger partial charge is 0.396 e. The third kappa shape index (κ3) is 22.6. The van der Waals surface area contributed by atoms with Gasteiger partial charge in [0.25, 0.3) is 0 Å². The van der Waals surface area contributed by atoms with Crippen LogP contribution >= 0.6 is 0 Å². The van der Waals surface area contributed by atoms with E-state index in [1.54, 1.807) is 0 Å². The summed E-state index contributed by atoms with van der Waals surface area (Å²) in [6, 6.07) is 0. The third-order valence-corrected chi connectivity index (χ3v) is 1.61. The summed E-state index contributed by atoms with van der Waals surface area (Å²) < 4.78 is 0. The molecule has 0 aromatic rings. The predicted molar refractivity (Wildman–Crippen MR) is 62.1 cm³/mol. The van der Waals surface area contributed by atoms with Crippen LogP contribution in [0.25, 0.3) is 0 Å². The molecular weight excluding hydrogens is 180 g/mol. The summed E-state index contributed by atoms with van der Waals surface area (Å²) >= 11 is 0. The number of aliphatic hydroxyl groups is 2. The molecule has 4 nitrogen and oxygen atoms in total. The van der Waals surface area contributed by atoms with Gasteiger partial charge in [-0.15, -0.1) is 0 Å². The molecule has 0 aromatic carbocycles. The summed E-state index contributed by atoms with van der Waals surface area (Å²) in [5.41, 5.74) is 10.2. The number of aliphatic hydroxyl groups excluding tert-OH is 2. The number of nitrogens with two attached hydrogens (primary N) is 2. The van der Waals surface area contributed by atoms with Gasteiger partial charge < -0.3 is 21.7 Å². The van der Waals surface area contributed by atoms with Gasteiger partial charge in [0.1, 0.15) is 0 Å². The monoisotopic (exact) mass is 208 g/mol. The molecule has 0 saturated carbocycles. The molecule has 90 valence electrons. The summed E-state index contributed by atoms with van der Waals surface area (Å²) in [6.07, 6.45) is 3.48. The zero-order valence-corrected chi connectivity index (χ0v) is 8.58. The van der Waals surface area contributed by atoms with Crippen LogP contribution in [0.4, 0.5) is 0 Å². The van der Waals surface area contributed by atoms with Crippen molar-refractivity contribution in [2.45, 2.75) is 46.1 Å². The number of hydrogen-bond acceptors (Lipinski definition) is 4. The van der Waals surface area contributed by atoms with Crippen molar-refractivity contribution in [3.63, 3.8) is 0 Å².